The lowest BCUT2D eigenvalue weighted by atomic mass is 9.92. The van der Waals surface area contributed by atoms with Crippen molar-refractivity contribution in [1.82, 2.24) is 14.9 Å². The Kier molecular flexibility index (Phi) is 5.69. The SMILES string of the molecule is Cc1ncc(C(=O)N2CCC[C@H](CCC(=O)O)C2)c(C(C)C)n1. The molecule has 1 aromatic rings. The molecular weight excluding hydrogens is 294 g/mol. The molecule has 1 aromatic heterocycles. The van der Waals surface area contributed by atoms with Crippen molar-refractivity contribution in [3.63, 3.8) is 0 Å². The molecule has 0 unspecified atom stereocenters. The van der Waals surface area contributed by atoms with Crippen molar-refractivity contribution in [2.45, 2.75) is 52.4 Å². The van der Waals surface area contributed by atoms with E-state index in [0.29, 0.717) is 30.9 Å². The maximum Gasteiger partial charge on any atom is 0.303 e. The lowest BCUT2D eigenvalue weighted by Crippen LogP contribution is -2.40. The van der Waals surface area contributed by atoms with Crippen molar-refractivity contribution in [3.05, 3.63) is 23.3 Å². The van der Waals surface area contributed by atoms with Gasteiger partial charge in [0, 0.05) is 25.7 Å². The average Bonchev–Trinajstić information content (AvgIpc) is 2.52. The molecule has 1 atom stereocenters. The number of carboxylic acid groups (broad SMARTS) is 1. The number of carbonyl (C=O) groups is 2. The summed E-state index contributed by atoms with van der Waals surface area (Å²) in [6.45, 7) is 7.20. The van der Waals surface area contributed by atoms with Crippen molar-refractivity contribution in [1.29, 1.82) is 0 Å². The van der Waals surface area contributed by atoms with E-state index in [9.17, 15) is 9.59 Å². The van der Waals surface area contributed by atoms with Gasteiger partial charge in [0.15, 0.2) is 0 Å². The van der Waals surface area contributed by atoms with Crippen molar-refractivity contribution >= 4 is 11.9 Å². The summed E-state index contributed by atoms with van der Waals surface area (Å²) in [5.41, 5.74) is 1.36. The average molecular weight is 319 g/mol. The molecule has 0 radical (unpaired) electrons. The van der Waals surface area contributed by atoms with Crippen molar-refractivity contribution < 1.29 is 14.7 Å². The van der Waals surface area contributed by atoms with Gasteiger partial charge in [-0.3, -0.25) is 9.59 Å². The Balaban J connectivity index is 2.12. The lowest BCUT2D eigenvalue weighted by molar-refractivity contribution is -0.137. The summed E-state index contributed by atoms with van der Waals surface area (Å²) in [5.74, 6) is 0.278. The van der Waals surface area contributed by atoms with Gasteiger partial charge in [0.25, 0.3) is 5.91 Å². The number of aromatic nitrogens is 2. The smallest absolute Gasteiger partial charge is 0.303 e. The van der Waals surface area contributed by atoms with E-state index in [2.05, 4.69) is 9.97 Å². The molecule has 1 fully saturated rings. The second-order valence-corrected chi connectivity index (χ2v) is 6.56. The zero-order valence-corrected chi connectivity index (χ0v) is 14.1. The number of carboxylic acids is 1. The first-order chi connectivity index (χ1) is 10.9. The third-order valence-corrected chi connectivity index (χ3v) is 4.29. The zero-order chi connectivity index (χ0) is 17.0. The first-order valence-corrected chi connectivity index (χ1v) is 8.23. The van der Waals surface area contributed by atoms with E-state index >= 15 is 0 Å². The van der Waals surface area contributed by atoms with Gasteiger partial charge in [-0.1, -0.05) is 13.8 Å². The van der Waals surface area contributed by atoms with E-state index in [0.717, 1.165) is 18.5 Å². The van der Waals surface area contributed by atoms with Crippen LogP contribution >= 0.6 is 0 Å². The summed E-state index contributed by atoms with van der Waals surface area (Å²) < 4.78 is 0. The van der Waals surface area contributed by atoms with E-state index in [4.69, 9.17) is 5.11 Å². The van der Waals surface area contributed by atoms with Crippen LogP contribution in [0.5, 0.6) is 0 Å². The molecule has 0 aromatic carbocycles. The maximum atomic E-state index is 12.8. The highest BCUT2D eigenvalue weighted by atomic mass is 16.4. The van der Waals surface area contributed by atoms with Crippen LogP contribution in [-0.2, 0) is 4.79 Å². The zero-order valence-electron chi connectivity index (χ0n) is 14.1. The molecule has 6 heteroatoms. The number of hydrogen-bond donors (Lipinski definition) is 1. The largest absolute Gasteiger partial charge is 0.481 e. The number of aryl methyl sites for hydroxylation is 1. The first kappa shape index (κ1) is 17.4. The van der Waals surface area contributed by atoms with Crippen LogP contribution in [0.4, 0.5) is 0 Å². The van der Waals surface area contributed by atoms with Crippen LogP contribution in [0, 0.1) is 12.8 Å². The summed E-state index contributed by atoms with van der Waals surface area (Å²) in [6.07, 6.45) is 4.32. The lowest BCUT2D eigenvalue weighted by Gasteiger charge is -2.33. The third-order valence-electron chi connectivity index (χ3n) is 4.29. The minimum absolute atomic E-state index is 0.0336. The fraction of sp³-hybridized carbons (Fsp3) is 0.647. The van der Waals surface area contributed by atoms with Gasteiger partial charge in [-0.15, -0.1) is 0 Å². The summed E-state index contributed by atoms with van der Waals surface area (Å²) in [6, 6.07) is 0. The molecule has 23 heavy (non-hydrogen) atoms. The number of rotatable bonds is 5. The number of likely N-dealkylation sites (tertiary alicyclic amines) is 1. The minimum Gasteiger partial charge on any atom is -0.481 e. The van der Waals surface area contributed by atoms with Crippen LogP contribution in [0.1, 0.15) is 67.3 Å². The molecule has 2 heterocycles. The molecule has 2 rings (SSSR count). The normalized spacial score (nSPS) is 18.3. The van der Waals surface area contributed by atoms with Gasteiger partial charge >= 0.3 is 5.97 Å². The molecule has 1 N–H and O–H groups in total. The predicted octanol–water partition coefficient (Wildman–Crippen LogP) is 2.63. The topological polar surface area (TPSA) is 83.4 Å². The molecule has 126 valence electrons. The highest BCUT2D eigenvalue weighted by Crippen LogP contribution is 2.24. The Morgan fingerprint density at radius 3 is 2.83 bits per heavy atom. The van der Waals surface area contributed by atoms with Crippen LogP contribution < -0.4 is 0 Å². The maximum absolute atomic E-state index is 12.8. The Morgan fingerprint density at radius 1 is 1.43 bits per heavy atom. The summed E-state index contributed by atoms with van der Waals surface area (Å²) in [5, 5.41) is 8.82. The number of hydrogen-bond acceptors (Lipinski definition) is 4. The van der Waals surface area contributed by atoms with Crippen LogP contribution in [0.25, 0.3) is 0 Å². The van der Waals surface area contributed by atoms with Gasteiger partial charge in [0.05, 0.1) is 11.3 Å². The molecule has 6 nitrogen and oxygen atoms in total. The predicted molar refractivity (Wildman–Crippen MR) is 86.4 cm³/mol. The van der Waals surface area contributed by atoms with E-state index in [-0.39, 0.29) is 24.2 Å². The van der Waals surface area contributed by atoms with Crippen LogP contribution in [0.15, 0.2) is 6.20 Å². The number of carbonyl (C=O) groups excluding carboxylic acids is 1. The molecule has 1 saturated heterocycles. The summed E-state index contributed by atoms with van der Waals surface area (Å²) in [4.78, 5) is 34.0. The van der Waals surface area contributed by atoms with Crippen LogP contribution in [0.3, 0.4) is 0 Å². The standard InChI is InChI=1S/C17H25N3O3/c1-11(2)16-14(9-18-12(3)19-16)17(23)20-8-4-5-13(10-20)6-7-15(21)22/h9,11,13H,4-8,10H2,1-3H3,(H,21,22)/t13-/m1/s1. The van der Waals surface area contributed by atoms with E-state index in [1.165, 1.54) is 0 Å². The summed E-state index contributed by atoms with van der Waals surface area (Å²) >= 11 is 0. The second kappa shape index (κ2) is 7.53. The Morgan fingerprint density at radius 2 is 2.17 bits per heavy atom. The minimum atomic E-state index is -0.775. The number of amides is 1. The number of aliphatic carboxylic acids is 1. The van der Waals surface area contributed by atoms with Crippen molar-refractivity contribution in [2.75, 3.05) is 13.1 Å². The number of nitrogens with zero attached hydrogens (tertiary/aromatic N) is 3. The van der Waals surface area contributed by atoms with Gasteiger partial charge in [0.2, 0.25) is 0 Å². The van der Waals surface area contributed by atoms with Crippen molar-refractivity contribution in [3.8, 4) is 0 Å². The van der Waals surface area contributed by atoms with Crippen molar-refractivity contribution in [2.24, 2.45) is 5.92 Å². The Hall–Kier alpha value is -1.98. The second-order valence-electron chi connectivity index (χ2n) is 6.56. The van der Waals surface area contributed by atoms with Gasteiger partial charge in [-0.05, 0) is 38.0 Å². The van der Waals surface area contributed by atoms with Gasteiger partial charge < -0.3 is 10.0 Å². The Bertz CT molecular complexity index is 586. The molecular formula is C17H25N3O3. The highest BCUT2D eigenvalue weighted by molar-refractivity contribution is 5.95. The fourth-order valence-electron chi connectivity index (χ4n) is 3.08. The van der Waals surface area contributed by atoms with Crippen LogP contribution in [-0.4, -0.2) is 44.9 Å². The quantitative estimate of drug-likeness (QED) is 0.902. The highest BCUT2D eigenvalue weighted by Gasteiger charge is 2.27. The van der Waals surface area contributed by atoms with E-state index in [1.807, 2.05) is 25.7 Å². The molecule has 0 spiro atoms. The third kappa shape index (κ3) is 4.50. The molecule has 1 aliphatic rings. The van der Waals surface area contributed by atoms with E-state index < -0.39 is 5.97 Å². The molecule has 1 aliphatic heterocycles. The first-order valence-electron chi connectivity index (χ1n) is 8.23. The summed E-state index contributed by atoms with van der Waals surface area (Å²) in [7, 11) is 0. The molecule has 0 saturated carbocycles. The molecule has 0 bridgehead atoms. The number of piperidine rings is 1. The van der Waals surface area contributed by atoms with Gasteiger partial charge in [-0.25, -0.2) is 9.97 Å². The Labute approximate surface area is 136 Å². The van der Waals surface area contributed by atoms with Gasteiger partial charge in [-0.2, -0.15) is 0 Å². The monoisotopic (exact) mass is 319 g/mol. The van der Waals surface area contributed by atoms with Gasteiger partial charge in [0.1, 0.15) is 5.82 Å². The van der Waals surface area contributed by atoms with Crippen LogP contribution in [0.2, 0.25) is 0 Å². The fourth-order valence-corrected chi connectivity index (χ4v) is 3.08. The molecule has 1 amide bonds. The van der Waals surface area contributed by atoms with E-state index in [1.54, 1.807) is 6.20 Å². The molecule has 0 aliphatic carbocycles.